The van der Waals surface area contributed by atoms with E-state index in [9.17, 15) is 14.8 Å². The first-order valence-corrected chi connectivity index (χ1v) is 6.44. The van der Waals surface area contributed by atoms with E-state index in [1.165, 1.54) is 4.57 Å². The zero-order valence-corrected chi connectivity index (χ0v) is 11.1. The van der Waals surface area contributed by atoms with Gasteiger partial charge in [0.2, 0.25) is 5.69 Å². The summed E-state index contributed by atoms with van der Waals surface area (Å²) >= 11 is 0. The van der Waals surface area contributed by atoms with Crippen LogP contribution in [0.2, 0.25) is 0 Å². The molecule has 1 N–H and O–H groups in total. The number of nitrogens with zero attached hydrogens (tertiary/aromatic N) is 2. The van der Waals surface area contributed by atoms with Crippen LogP contribution in [0.1, 0.15) is 5.56 Å². The first kappa shape index (κ1) is 13.1. The lowest BCUT2D eigenvalue weighted by Gasteiger charge is -2.12. The van der Waals surface area contributed by atoms with Crippen LogP contribution in [-0.2, 0) is 6.54 Å². The zero-order valence-electron chi connectivity index (χ0n) is 11.1. The standard InChI is InChI=1S/C16H12N2O3/c19-15-12-8-4-5-9-13(12)18(16(20)14(15)17-21)10-11-6-2-1-3-7-11/h1-9,19H,10H2. The molecule has 1 heterocycles. The average molecular weight is 280 g/mol. The van der Waals surface area contributed by atoms with Crippen LogP contribution in [0, 0.1) is 4.91 Å². The molecule has 0 fully saturated rings. The highest BCUT2D eigenvalue weighted by Gasteiger charge is 2.16. The van der Waals surface area contributed by atoms with Gasteiger partial charge in [-0.1, -0.05) is 42.5 Å². The minimum atomic E-state index is -0.593. The van der Waals surface area contributed by atoms with Crippen molar-refractivity contribution >= 4 is 16.6 Å². The fraction of sp³-hybridized carbons (Fsp3) is 0.0625. The third-order valence-corrected chi connectivity index (χ3v) is 3.40. The molecule has 0 saturated carbocycles. The molecule has 0 aliphatic rings. The number of para-hydroxylation sites is 1. The van der Waals surface area contributed by atoms with Crippen LogP contribution in [0.4, 0.5) is 5.69 Å². The molecular formula is C16H12N2O3. The van der Waals surface area contributed by atoms with Crippen LogP contribution >= 0.6 is 0 Å². The fourth-order valence-corrected chi connectivity index (χ4v) is 2.38. The summed E-state index contributed by atoms with van der Waals surface area (Å²) in [6.45, 7) is 0.309. The Morgan fingerprint density at radius 1 is 1.00 bits per heavy atom. The lowest BCUT2D eigenvalue weighted by Crippen LogP contribution is -2.21. The Hall–Kier alpha value is -2.95. The minimum absolute atomic E-state index is 0.309. The number of aromatic nitrogens is 1. The highest BCUT2D eigenvalue weighted by atomic mass is 16.3. The van der Waals surface area contributed by atoms with Gasteiger partial charge in [0.1, 0.15) is 0 Å². The third kappa shape index (κ3) is 2.18. The number of hydrogen-bond acceptors (Lipinski definition) is 4. The van der Waals surface area contributed by atoms with Gasteiger partial charge in [0, 0.05) is 5.39 Å². The van der Waals surface area contributed by atoms with Gasteiger partial charge in [-0.25, -0.2) is 0 Å². The molecule has 21 heavy (non-hydrogen) atoms. The summed E-state index contributed by atoms with van der Waals surface area (Å²) in [5, 5.41) is 13.1. The Balaban J connectivity index is 2.31. The number of aromatic hydroxyl groups is 1. The minimum Gasteiger partial charge on any atom is -0.505 e. The first-order valence-electron chi connectivity index (χ1n) is 6.44. The second-order valence-electron chi connectivity index (χ2n) is 4.68. The maximum Gasteiger partial charge on any atom is 0.284 e. The summed E-state index contributed by atoms with van der Waals surface area (Å²) in [7, 11) is 0. The van der Waals surface area contributed by atoms with Crippen LogP contribution in [0.15, 0.2) is 64.6 Å². The van der Waals surface area contributed by atoms with Crippen LogP contribution in [0.5, 0.6) is 5.75 Å². The lowest BCUT2D eigenvalue weighted by atomic mass is 10.1. The Morgan fingerprint density at radius 3 is 2.38 bits per heavy atom. The van der Waals surface area contributed by atoms with Crippen molar-refractivity contribution in [2.24, 2.45) is 5.18 Å². The molecule has 0 bridgehead atoms. The van der Waals surface area contributed by atoms with Crippen molar-refractivity contribution < 1.29 is 5.11 Å². The van der Waals surface area contributed by atoms with Crippen LogP contribution in [-0.4, -0.2) is 9.67 Å². The Bertz CT molecular complexity index is 870. The van der Waals surface area contributed by atoms with Crippen molar-refractivity contribution in [3.8, 4) is 5.75 Å². The SMILES string of the molecule is O=Nc1c(O)c2ccccc2n(Cc2ccccc2)c1=O. The molecule has 3 aromatic rings. The van der Waals surface area contributed by atoms with Crippen LogP contribution < -0.4 is 5.56 Å². The molecule has 0 unspecified atom stereocenters. The van der Waals surface area contributed by atoms with Crippen LogP contribution in [0.25, 0.3) is 10.9 Å². The van der Waals surface area contributed by atoms with Gasteiger partial charge in [-0.05, 0) is 22.9 Å². The Kier molecular flexibility index (Phi) is 3.23. The Labute approximate surface area is 120 Å². The fourth-order valence-electron chi connectivity index (χ4n) is 2.38. The summed E-state index contributed by atoms with van der Waals surface area (Å²) in [6, 6.07) is 16.3. The normalized spacial score (nSPS) is 10.7. The maximum absolute atomic E-state index is 12.3. The van der Waals surface area contributed by atoms with Gasteiger partial charge in [-0.2, -0.15) is 0 Å². The molecular weight excluding hydrogens is 268 g/mol. The van der Waals surface area contributed by atoms with Crippen molar-refractivity contribution in [1.29, 1.82) is 0 Å². The number of hydrogen-bond donors (Lipinski definition) is 1. The second kappa shape index (κ2) is 5.20. The molecule has 0 radical (unpaired) electrons. The summed E-state index contributed by atoms with van der Waals surface area (Å²) in [5.74, 6) is -0.366. The van der Waals surface area contributed by atoms with E-state index >= 15 is 0 Å². The molecule has 1 aromatic heterocycles. The van der Waals surface area contributed by atoms with Crippen molar-refractivity contribution in [2.45, 2.75) is 6.54 Å². The van der Waals surface area contributed by atoms with E-state index in [4.69, 9.17) is 0 Å². The van der Waals surface area contributed by atoms with Crippen molar-refractivity contribution in [1.82, 2.24) is 4.57 Å². The second-order valence-corrected chi connectivity index (χ2v) is 4.68. The highest BCUT2D eigenvalue weighted by molar-refractivity contribution is 5.89. The smallest absolute Gasteiger partial charge is 0.284 e. The summed E-state index contributed by atoms with van der Waals surface area (Å²) in [6.07, 6.45) is 0. The molecule has 0 spiro atoms. The third-order valence-electron chi connectivity index (χ3n) is 3.40. The van der Waals surface area contributed by atoms with E-state index in [1.807, 2.05) is 30.3 Å². The predicted octanol–water partition coefficient (Wildman–Crippen LogP) is 3.15. The predicted molar refractivity (Wildman–Crippen MR) is 80.9 cm³/mol. The van der Waals surface area contributed by atoms with E-state index < -0.39 is 11.2 Å². The van der Waals surface area contributed by atoms with E-state index in [2.05, 4.69) is 5.18 Å². The van der Waals surface area contributed by atoms with Gasteiger partial charge in [0.05, 0.1) is 12.1 Å². The topological polar surface area (TPSA) is 71.7 Å². The molecule has 0 saturated heterocycles. The summed E-state index contributed by atoms with van der Waals surface area (Å²) in [4.78, 5) is 23.2. The first-order chi connectivity index (χ1) is 10.2. The van der Waals surface area contributed by atoms with E-state index in [0.717, 1.165) is 5.56 Å². The molecule has 0 amide bonds. The summed E-state index contributed by atoms with van der Waals surface area (Å²) < 4.78 is 1.45. The monoisotopic (exact) mass is 280 g/mol. The van der Waals surface area contributed by atoms with Gasteiger partial charge in [-0.15, -0.1) is 4.91 Å². The van der Waals surface area contributed by atoms with Crippen molar-refractivity contribution in [3.05, 3.63) is 75.4 Å². The van der Waals surface area contributed by atoms with Crippen LogP contribution in [0.3, 0.4) is 0 Å². The van der Waals surface area contributed by atoms with Crippen molar-refractivity contribution in [3.63, 3.8) is 0 Å². The zero-order chi connectivity index (χ0) is 14.8. The number of pyridine rings is 1. The Morgan fingerprint density at radius 2 is 1.67 bits per heavy atom. The van der Waals surface area contributed by atoms with E-state index in [0.29, 0.717) is 17.4 Å². The largest absolute Gasteiger partial charge is 0.505 e. The number of rotatable bonds is 3. The molecule has 0 aliphatic carbocycles. The molecule has 3 rings (SSSR count). The van der Waals surface area contributed by atoms with Gasteiger partial charge in [0.15, 0.2) is 5.75 Å². The van der Waals surface area contributed by atoms with Gasteiger partial charge < -0.3 is 9.67 Å². The van der Waals surface area contributed by atoms with Gasteiger partial charge in [0.25, 0.3) is 5.56 Å². The maximum atomic E-state index is 12.3. The average Bonchev–Trinajstić information content (AvgIpc) is 2.53. The summed E-state index contributed by atoms with van der Waals surface area (Å²) in [5.41, 5.74) is 0.443. The quantitative estimate of drug-likeness (QED) is 0.749. The molecule has 2 aromatic carbocycles. The van der Waals surface area contributed by atoms with Gasteiger partial charge in [-0.3, -0.25) is 4.79 Å². The molecule has 0 aliphatic heterocycles. The number of fused-ring (bicyclic) bond motifs is 1. The van der Waals surface area contributed by atoms with Crippen molar-refractivity contribution in [2.75, 3.05) is 0 Å². The van der Waals surface area contributed by atoms with Gasteiger partial charge >= 0.3 is 0 Å². The molecule has 5 heteroatoms. The molecule has 104 valence electrons. The van der Waals surface area contributed by atoms with E-state index in [1.54, 1.807) is 24.3 Å². The van der Waals surface area contributed by atoms with E-state index in [-0.39, 0.29) is 5.75 Å². The highest BCUT2D eigenvalue weighted by Crippen LogP contribution is 2.31. The number of nitroso groups, excluding NO2 is 1. The number of benzene rings is 2. The molecule has 5 nitrogen and oxygen atoms in total. The molecule has 0 atom stereocenters. The lowest BCUT2D eigenvalue weighted by molar-refractivity contribution is 0.480.